The van der Waals surface area contributed by atoms with E-state index in [4.69, 9.17) is 14.7 Å². The number of nitrogens with zero attached hydrogens (tertiary/aromatic N) is 5. The monoisotopic (exact) mass is 701 g/mol. The molecular weight excluding hydrogens is 663 g/mol. The minimum Gasteiger partial charge on any atom is -0.444 e. The molecule has 2 N–H and O–H groups in total. The molecular formula is C37H38F3N7O4. The summed E-state index contributed by atoms with van der Waals surface area (Å²) in [5.74, 6) is -2.60. The number of anilines is 4. The number of urea groups is 1. The van der Waals surface area contributed by atoms with E-state index in [2.05, 4.69) is 10.6 Å². The lowest BCUT2D eigenvalue weighted by atomic mass is 9.97. The van der Waals surface area contributed by atoms with Crippen molar-refractivity contribution < 1.29 is 32.3 Å². The summed E-state index contributed by atoms with van der Waals surface area (Å²) in [5.41, 5.74) is 1.45. The molecule has 2 aliphatic rings. The molecule has 0 atom stereocenters. The van der Waals surface area contributed by atoms with Crippen LogP contribution < -0.4 is 20.4 Å². The summed E-state index contributed by atoms with van der Waals surface area (Å²) >= 11 is 0. The summed E-state index contributed by atoms with van der Waals surface area (Å²) in [6, 6.07) is 12.8. The topological polar surface area (TPSA) is 120 Å². The third-order valence-corrected chi connectivity index (χ3v) is 8.80. The number of benzene rings is 3. The number of piperidine rings is 1. The van der Waals surface area contributed by atoms with E-state index in [1.165, 1.54) is 30.3 Å². The third kappa shape index (κ3) is 7.44. The van der Waals surface area contributed by atoms with Crippen molar-refractivity contribution in [2.45, 2.75) is 58.7 Å². The SMILES string of the molecule is Cc1ccc(C(=O)Nc2ccc(F)cc2)cc1-c1nc(N2CCC(N(C)C(=O)OC(C)(C)C)CC2)nc2c1CNC(=O)N2c1c(F)cccc1F. The van der Waals surface area contributed by atoms with Gasteiger partial charge in [-0.25, -0.2) is 32.6 Å². The number of hydrogen-bond acceptors (Lipinski definition) is 7. The van der Waals surface area contributed by atoms with E-state index in [9.17, 15) is 18.8 Å². The molecule has 6 rings (SSSR count). The van der Waals surface area contributed by atoms with Gasteiger partial charge in [-0.15, -0.1) is 0 Å². The van der Waals surface area contributed by atoms with Gasteiger partial charge in [-0.1, -0.05) is 12.1 Å². The van der Waals surface area contributed by atoms with Crippen molar-refractivity contribution in [3.05, 3.63) is 94.8 Å². The van der Waals surface area contributed by atoms with Crippen molar-refractivity contribution in [3.8, 4) is 11.3 Å². The van der Waals surface area contributed by atoms with Gasteiger partial charge in [-0.3, -0.25) is 4.79 Å². The molecule has 2 aliphatic heterocycles. The highest BCUT2D eigenvalue weighted by molar-refractivity contribution is 6.06. The lowest BCUT2D eigenvalue weighted by Crippen LogP contribution is -2.48. The zero-order chi connectivity index (χ0) is 36.6. The predicted octanol–water partition coefficient (Wildman–Crippen LogP) is 7.32. The Hall–Kier alpha value is -5.66. The maximum atomic E-state index is 15.3. The Morgan fingerprint density at radius 3 is 2.29 bits per heavy atom. The third-order valence-electron chi connectivity index (χ3n) is 8.80. The van der Waals surface area contributed by atoms with Crippen molar-refractivity contribution >= 4 is 41.2 Å². The molecule has 0 saturated carbocycles. The predicted molar refractivity (Wildman–Crippen MR) is 187 cm³/mol. The first-order chi connectivity index (χ1) is 24.2. The zero-order valence-electron chi connectivity index (χ0n) is 28.9. The Morgan fingerprint density at radius 2 is 1.65 bits per heavy atom. The number of aromatic nitrogens is 2. The smallest absolute Gasteiger partial charge is 0.410 e. The Bertz CT molecular complexity index is 1970. The number of para-hydroxylation sites is 1. The minimum atomic E-state index is -0.957. The number of carbonyl (C=O) groups excluding carboxylic acids is 3. The van der Waals surface area contributed by atoms with Gasteiger partial charge in [-0.05, 0) is 94.6 Å². The van der Waals surface area contributed by atoms with Gasteiger partial charge in [0.05, 0.1) is 12.2 Å². The molecule has 0 radical (unpaired) electrons. The molecule has 1 fully saturated rings. The van der Waals surface area contributed by atoms with Crippen LogP contribution in [0.3, 0.4) is 0 Å². The second-order valence-electron chi connectivity index (χ2n) is 13.5. The second-order valence-corrected chi connectivity index (χ2v) is 13.5. The van der Waals surface area contributed by atoms with Crippen LogP contribution in [0.5, 0.6) is 0 Å². The summed E-state index contributed by atoms with van der Waals surface area (Å²) in [7, 11) is 1.70. The van der Waals surface area contributed by atoms with Gasteiger partial charge in [0, 0.05) is 48.6 Å². The maximum Gasteiger partial charge on any atom is 0.410 e. The molecule has 0 bridgehead atoms. The molecule has 0 aliphatic carbocycles. The lowest BCUT2D eigenvalue weighted by Gasteiger charge is -2.38. The van der Waals surface area contributed by atoms with Crippen LogP contribution >= 0.6 is 0 Å². The second kappa shape index (κ2) is 13.9. The van der Waals surface area contributed by atoms with Gasteiger partial charge < -0.3 is 25.2 Å². The number of amides is 4. The van der Waals surface area contributed by atoms with Crippen LogP contribution in [0, 0.1) is 24.4 Å². The summed E-state index contributed by atoms with van der Waals surface area (Å²) in [6.45, 7) is 8.05. The fraction of sp³-hybridized carbons (Fsp3) is 0.324. The Morgan fingerprint density at radius 1 is 0.980 bits per heavy atom. The maximum absolute atomic E-state index is 15.3. The fourth-order valence-electron chi connectivity index (χ4n) is 6.11. The quantitative estimate of drug-likeness (QED) is 0.216. The molecule has 1 aromatic heterocycles. The van der Waals surface area contributed by atoms with E-state index in [-0.39, 0.29) is 29.9 Å². The summed E-state index contributed by atoms with van der Waals surface area (Å²) < 4.78 is 49.5. The minimum absolute atomic E-state index is 0.00341. The molecule has 0 spiro atoms. The van der Waals surface area contributed by atoms with Gasteiger partial charge in [-0.2, -0.15) is 4.98 Å². The molecule has 51 heavy (non-hydrogen) atoms. The van der Waals surface area contributed by atoms with E-state index in [0.717, 1.165) is 22.6 Å². The number of rotatable bonds is 6. The lowest BCUT2D eigenvalue weighted by molar-refractivity contribution is 0.0200. The molecule has 4 aromatic rings. The van der Waals surface area contributed by atoms with Gasteiger partial charge in [0.2, 0.25) is 5.95 Å². The highest BCUT2D eigenvalue weighted by atomic mass is 19.1. The van der Waals surface area contributed by atoms with Crippen LogP contribution in [0.25, 0.3) is 11.3 Å². The van der Waals surface area contributed by atoms with E-state index in [1.807, 2.05) is 11.8 Å². The van der Waals surface area contributed by atoms with Crippen LogP contribution in [0.2, 0.25) is 0 Å². The standard InChI is InChI=1S/C37H38F3N7O4/c1-21-9-10-22(33(48)42-24-13-11-23(38)12-14-24)19-26(21)30-27-20-41-35(49)47(31-28(39)7-6-8-29(31)40)32(27)44-34(43-30)46-17-15-25(16-18-46)45(5)36(50)51-37(2,3)4/h6-14,19,25H,15-18,20H2,1-5H3,(H,41,49)(H,42,48). The van der Waals surface area contributed by atoms with Crippen molar-refractivity contribution in [3.63, 3.8) is 0 Å². The number of nitrogens with one attached hydrogen (secondary N) is 2. The molecule has 3 aromatic carbocycles. The van der Waals surface area contributed by atoms with Gasteiger partial charge >= 0.3 is 12.1 Å². The largest absolute Gasteiger partial charge is 0.444 e. The molecule has 14 heteroatoms. The van der Waals surface area contributed by atoms with E-state index >= 15 is 8.78 Å². The average molecular weight is 702 g/mol. The molecule has 4 amide bonds. The first-order valence-electron chi connectivity index (χ1n) is 16.5. The first kappa shape index (κ1) is 35.2. The number of halogens is 3. The van der Waals surface area contributed by atoms with Gasteiger partial charge in [0.15, 0.2) is 5.82 Å². The van der Waals surface area contributed by atoms with Gasteiger partial charge in [0.25, 0.3) is 5.91 Å². The molecule has 1 saturated heterocycles. The molecule has 3 heterocycles. The Balaban J connectivity index is 1.41. The van der Waals surface area contributed by atoms with Crippen LogP contribution in [0.4, 0.5) is 45.9 Å². The fourth-order valence-corrected chi connectivity index (χ4v) is 6.11. The number of fused-ring (bicyclic) bond motifs is 1. The van der Waals surface area contributed by atoms with E-state index < -0.39 is 46.8 Å². The van der Waals surface area contributed by atoms with Crippen molar-refractivity contribution in [2.75, 3.05) is 35.3 Å². The Kier molecular flexibility index (Phi) is 9.60. The first-order valence-corrected chi connectivity index (χ1v) is 16.5. The normalized spacial score (nSPS) is 14.9. The number of aryl methyl sites for hydroxylation is 1. The molecule has 11 nitrogen and oxygen atoms in total. The van der Waals surface area contributed by atoms with Crippen LogP contribution in [0.1, 0.15) is 55.1 Å². The van der Waals surface area contributed by atoms with Crippen molar-refractivity contribution in [2.24, 2.45) is 0 Å². The molecule has 0 unspecified atom stereocenters. The van der Waals surface area contributed by atoms with Crippen LogP contribution in [0.15, 0.2) is 60.7 Å². The van der Waals surface area contributed by atoms with Crippen LogP contribution in [-0.4, -0.2) is 64.7 Å². The van der Waals surface area contributed by atoms with E-state index in [1.54, 1.807) is 50.9 Å². The average Bonchev–Trinajstić information content (AvgIpc) is 3.08. The number of carbonyl (C=O) groups is 3. The van der Waals surface area contributed by atoms with E-state index in [0.29, 0.717) is 48.4 Å². The summed E-state index contributed by atoms with van der Waals surface area (Å²) in [5, 5.41) is 5.45. The number of ether oxygens (including phenoxy) is 1. The van der Waals surface area contributed by atoms with Crippen LogP contribution in [-0.2, 0) is 11.3 Å². The van der Waals surface area contributed by atoms with Gasteiger partial charge in [0.1, 0.15) is 28.7 Å². The van der Waals surface area contributed by atoms with Crippen molar-refractivity contribution in [1.82, 2.24) is 20.2 Å². The van der Waals surface area contributed by atoms with Crippen molar-refractivity contribution in [1.29, 1.82) is 0 Å². The summed E-state index contributed by atoms with van der Waals surface area (Å²) in [6.07, 6.45) is 0.673. The highest BCUT2D eigenvalue weighted by Gasteiger charge is 2.36. The zero-order valence-corrected chi connectivity index (χ0v) is 28.9. The summed E-state index contributed by atoms with van der Waals surface area (Å²) in [4.78, 5) is 53.5. The Labute approximate surface area is 293 Å². The highest BCUT2D eigenvalue weighted by Crippen LogP contribution is 2.40. The number of hydrogen-bond donors (Lipinski definition) is 2. The molecule has 266 valence electrons.